The highest BCUT2D eigenvalue weighted by Crippen LogP contribution is 2.24. The average molecular weight is 293 g/mol. The third-order valence-corrected chi connectivity index (χ3v) is 3.08. The first-order valence-electron chi connectivity index (χ1n) is 6.77. The molecule has 2 unspecified atom stereocenters. The summed E-state index contributed by atoms with van der Waals surface area (Å²) in [5.74, 6) is 0. The fourth-order valence-corrected chi connectivity index (χ4v) is 2.29. The summed E-state index contributed by atoms with van der Waals surface area (Å²) in [6.45, 7) is 6.25. The van der Waals surface area contributed by atoms with Gasteiger partial charge in [0.2, 0.25) is 0 Å². The lowest BCUT2D eigenvalue weighted by molar-refractivity contribution is 0.0207. The van der Waals surface area contributed by atoms with Crippen LogP contribution in [0.1, 0.15) is 27.2 Å². The Bertz CT molecular complexity index is 530. The zero-order valence-electron chi connectivity index (χ0n) is 12.4. The molecule has 9 heteroatoms. The first-order chi connectivity index (χ1) is 9.89. The van der Waals surface area contributed by atoms with Crippen molar-refractivity contribution in [2.45, 2.75) is 51.4 Å². The molecule has 0 saturated carbocycles. The number of carbonyl (C=O) groups is 1. The Morgan fingerprint density at radius 3 is 2.71 bits per heavy atom. The van der Waals surface area contributed by atoms with Crippen LogP contribution in [-0.4, -0.2) is 50.2 Å². The number of nitrogens with zero attached hydrogens (tertiary/aromatic N) is 7. The predicted molar refractivity (Wildman–Crippen MR) is 74.3 cm³/mol. The lowest BCUT2D eigenvalue weighted by Gasteiger charge is -2.28. The van der Waals surface area contributed by atoms with Crippen LogP contribution in [0.3, 0.4) is 0 Å². The third kappa shape index (κ3) is 4.09. The SMILES string of the molecule is CC(C)(C)OC(=O)N1CC(N=[N+]=[N-])CC1Cn1nccn1. The standard InChI is InChI=1S/C12H19N7O2/c1-12(2,3)21-11(20)18-7-9(16-17-13)6-10(18)8-19-14-4-5-15-19/h4-5,9-10H,6-8H2,1-3H3. The van der Waals surface area contributed by atoms with E-state index in [-0.39, 0.29) is 12.1 Å². The van der Waals surface area contributed by atoms with Crippen LogP contribution in [0.4, 0.5) is 4.79 Å². The second kappa shape index (κ2) is 6.01. The minimum Gasteiger partial charge on any atom is -0.444 e. The van der Waals surface area contributed by atoms with Gasteiger partial charge in [-0.1, -0.05) is 5.11 Å². The maximum absolute atomic E-state index is 12.3. The quantitative estimate of drug-likeness (QED) is 0.482. The molecule has 114 valence electrons. The van der Waals surface area contributed by atoms with Gasteiger partial charge in [-0.2, -0.15) is 15.0 Å². The van der Waals surface area contributed by atoms with Crippen LogP contribution in [0, 0.1) is 0 Å². The van der Waals surface area contributed by atoms with E-state index in [4.69, 9.17) is 10.3 Å². The summed E-state index contributed by atoms with van der Waals surface area (Å²) >= 11 is 0. The molecule has 1 fully saturated rings. The number of carbonyl (C=O) groups excluding carboxylic acids is 1. The Morgan fingerprint density at radius 1 is 1.48 bits per heavy atom. The van der Waals surface area contributed by atoms with Gasteiger partial charge in [0.15, 0.2) is 0 Å². The van der Waals surface area contributed by atoms with Crippen molar-refractivity contribution in [1.29, 1.82) is 0 Å². The molecule has 1 aliphatic rings. The van der Waals surface area contributed by atoms with Gasteiger partial charge in [-0.3, -0.25) is 0 Å². The highest BCUT2D eigenvalue weighted by molar-refractivity contribution is 5.69. The summed E-state index contributed by atoms with van der Waals surface area (Å²) in [6.07, 6.45) is 3.33. The van der Waals surface area contributed by atoms with Crippen molar-refractivity contribution in [2.24, 2.45) is 5.11 Å². The number of aromatic nitrogens is 3. The van der Waals surface area contributed by atoms with Gasteiger partial charge >= 0.3 is 6.09 Å². The maximum atomic E-state index is 12.3. The Hall–Kier alpha value is -2.28. The van der Waals surface area contributed by atoms with Crippen molar-refractivity contribution >= 4 is 6.09 Å². The summed E-state index contributed by atoms with van der Waals surface area (Å²) in [4.78, 5) is 18.2. The molecule has 9 nitrogen and oxygen atoms in total. The molecule has 2 rings (SSSR count). The molecule has 1 aromatic heterocycles. The van der Waals surface area contributed by atoms with Crippen LogP contribution in [0.5, 0.6) is 0 Å². The van der Waals surface area contributed by atoms with E-state index in [1.165, 1.54) is 4.80 Å². The number of azide groups is 1. The number of hydrogen-bond donors (Lipinski definition) is 0. The summed E-state index contributed by atoms with van der Waals surface area (Å²) in [7, 11) is 0. The average Bonchev–Trinajstić information content (AvgIpc) is 2.98. The maximum Gasteiger partial charge on any atom is 0.410 e. The van der Waals surface area contributed by atoms with Crippen molar-refractivity contribution < 1.29 is 9.53 Å². The third-order valence-electron chi connectivity index (χ3n) is 3.08. The molecular formula is C12H19N7O2. The molecule has 2 heterocycles. The normalized spacial score (nSPS) is 22.0. The van der Waals surface area contributed by atoms with Gasteiger partial charge in [0.1, 0.15) is 5.60 Å². The molecule has 0 aromatic carbocycles. The highest BCUT2D eigenvalue weighted by atomic mass is 16.6. The molecule has 1 saturated heterocycles. The van der Waals surface area contributed by atoms with Gasteiger partial charge in [-0.05, 0) is 32.7 Å². The molecular weight excluding hydrogens is 274 g/mol. The van der Waals surface area contributed by atoms with E-state index < -0.39 is 11.7 Å². The van der Waals surface area contributed by atoms with Gasteiger partial charge in [0.05, 0.1) is 31.0 Å². The molecule has 1 amide bonds. The minimum atomic E-state index is -0.567. The number of rotatable bonds is 3. The molecule has 2 atom stereocenters. The Morgan fingerprint density at radius 2 is 2.14 bits per heavy atom. The fraction of sp³-hybridized carbons (Fsp3) is 0.750. The fourth-order valence-electron chi connectivity index (χ4n) is 2.29. The van der Waals surface area contributed by atoms with Crippen molar-refractivity contribution in [3.05, 3.63) is 22.8 Å². The van der Waals surface area contributed by atoms with Crippen molar-refractivity contribution in [1.82, 2.24) is 19.9 Å². The smallest absolute Gasteiger partial charge is 0.410 e. The minimum absolute atomic E-state index is 0.150. The van der Waals surface area contributed by atoms with Gasteiger partial charge < -0.3 is 9.64 Å². The summed E-state index contributed by atoms with van der Waals surface area (Å²) in [5, 5.41) is 11.8. The zero-order valence-corrected chi connectivity index (χ0v) is 12.4. The van der Waals surface area contributed by atoms with E-state index in [0.29, 0.717) is 19.5 Å². The summed E-state index contributed by atoms with van der Waals surface area (Å²) in [6, 6.07) is -0.397. The van der Waals surface area contributed by atoms with Crippen molar-refractivity contribution in [3.8, 4) is 0 Å². The zero-order chi connectivity index (χ0) is 15.5. The number of likely N-dealkylation sites (tertiary alicyclic amines) is 1. The van der Waals surface area contributed by atoms with Crippen LogP contribution in [0.15, 0.2) is 17.5 Å². The van der Waals surface area contributed by atoms with Crippen LogP contribution in [-0.2, 0) is 11.3 Å². The van der Waals surface area contributed by atoms with Gasteiger partial charge in [0.25, 0.3) is 0 Å². The number of amides is 1. The molecule has 0 bridgehead atoms. The molecule has 1 aliphatic heterocycles. The van der Waals surface area contributed by atoms with Gasteiger partial charge in [-0.15, -0.1) is 0 Å². The Balaban J connectivity index is 2.10. The number of hydrogen-bond acceptors (Lipinski definition) is 5. The molecule has 0 aliphatic carbocycles. The summed E-state index contributed by atoms with van der Waals surface area (Å²) in [5.41, 5.74) is 8.01. The van der Waals surface area contributed by atoms with Crippen LogP contribution in [0.25, 0.3) is 10.4 Å². The Kier molecular flexibility index (Phi) is 4.32. The van der Waals surface area contributed by atoms with E-state index in [2.05, 4.69) is 20.2 Å². The first-order valence-corrected chi connectivity index (χ1v) is 6.77. The van der Waals surface area contributed by atoms with E-state index >= 15 is 0 Å². The summed E-state index contributed by atoms with van der Waals surface area (Å²) < 4.78 is 5.40. The van der Waals surface area contributed by atoms with E-state index in [9.17, 15) is 4.79 Å². The highest BCUT2D eigenvalue weighted by Gasteiger charge is 2.37. The molecule has 0 radical (unpaired) electrons. The predicted octanol–water partition coefficient (Wildman–Crippen LogP) is 1.97. The van der Waals surface area contributed by atoms with Crippen LogP contribution in [0.2, 0.25) is 0 Å². The van der Waals surface area contributed by atoms with Crippen molar-refractivity contribution in [3.63, 3.8) is 0 Å². The van der Waals surface area contributed by atoms with Crippen LogP contribution >= 0.6 is 0 Å². The van der Waals surface area contributed by atoms with E-state index in [1.54, 1.807) is 17.3 Å². The molecule has 0 spiro atoms. The van der Waals surface area contributed by atoms with Gasteiger partial charge in [0, 0.05) is 11.5 Å². The van der Waals surface area contributed by atoms with Crippen LogP contribution < -0.4 is 0 Å². The van der Waals surface area contributed by atoms with Crippen molar-refractivity contribution in [2.75, 3.05) is 6.54 Å². The lowest BCUT2D eigenvalue weighted by atomic mass is 10.2. The van der Waals surface area contributed by atoms with E-state index in [1.807, 2.05) is 20.8 Å². The largest absolute Gasteiger partial charge is 0.444 e. The van der Waals surface area contributed by atoms with Gasteiger partial charge in [-0.25, -0.2) is 4.79 Å². The first kappa shape index (κ1) is 15.1. The monoisotopic (exact) mass is 293 g/mol. The molecule has 21 heavy (non-hydrogen) atoms. The molecule has 1 aromatic rings. The lowest BCUT2D eigenvalue weighted by Crippen LogP contribution is -2.42. The number of ether oxygens (including phenoxy) is 1. The molecule has 0 N–H and O–H groups in total. The van der Waals surface area contributed by atoms with E-state index in [0.717, 1.165) is 0 Å². The Labute approximate surface area is 122 Å². The second-order valence-electron chi connectivity index (χ2n) is 5.96. The topological polar surface area (TPSA) is 109 Å². The second-order valence-corrected chi connectivity index (χ2v) is 5.96.